The van der Waals surface area contributed by atoms with Crippen molar-refractivity contribution < 1.29 is 4.62 Å². The van der Waals surface area contributed by atoms with Crippen LogP contribution in [0.5, 0.6) is 0 Å². The quantitative estimate of drug-likeness (QED) is 0.440. The van der Waals surface area contributed by atoms with Crippen LogP contribution in [0.2, 0.25) is 0 Å². The van der Waals surface area contributed by atoms with Crippen molar-refractivity contribution in [2.45, 2.75) is 38.5 Å². The van der Waals surface area contributed by atoms with E-state index in [0.29, 0.717) is 0 Å². The van der Waals surface area contributed by atoms with Crippen LogP contribution in [0.1, 0.15) is 38.5 Å². The van der Waals surface area contributed by atoms with Crippen molar-refractivity contribution in [3.63, 3.8) is 0 Å². The van der Waals surface area contributed by atoms with E-state index in [1.54, 1.807) is 0 Å². The molecule has 3 saturated heterocycles. The van der Waals surface area contributed by atoms with E-state index in [0.717, 1.165) is 39.3 Å². The van der Waals surface area contributed by atoms with Crippen LogP contribution in [0.3, 0.4) is 0 Å². The first-order valence-corrected chi connectivity index (χ1v) is 9.46. The normalized spacial score (nSPS) is 28.0. The number of hydrogen-bond acceptors (Lipinski definition) is 5. The summed E-state index contributed by atoms with van der Waals surface area (Å²) in [6.07, 6.45) is 7.69. The van der Waals surface area contributed by atoms with Crippen molar-refractivity contribution >= 4 is 14.7 Å². The van der Waals surface area contributed by atoms with E-state index in [4.69, 9.17) is 11.3 Å². The third kappa shape index (κ3) is 2.42. The van der Waals surface area contributed by atoms with Gasteiger partial charge in [-0.1, -0.05) is 0 Å². The van der Waals surface area contributed by atoms with Gasteiger partial charge in [0.2, 0.25) is 0 Å². The summed E-state index contributed by atoms with van der Waals surface area (Å²) >= 11 is 0. The van der Waals surface area contributed by atoms with Crippen molar-refractivity contribution in [1.29, 1.82) is 0 Å². The Labute approximate surface area is 117 Å². The van der Waals surface area contributed by atoms with Crippen molar-refractivity contribution in [1.82, 2.24) is 14.0 Å². The standard InChI is InChI=1S/C13H26N4OP/c1-14-18-19(15-8-2-3-9-15,16-10-4-5-11-16)17-12-6-7-13-17/h1,19H,2-13H2. The Morgan fingerprint density at radius 2 is 1.00 bits per heavy atom. The summed E-state index contributed by atoms with van der Waals surface area (Å²) in [4.78, 5) is 0. The summed E-state index contributed by atoms with van der Waals surface area (Å²) in [7, 11) is -2.29. The fourth-order valence-corrected chi connectivity index (χ4v) is 8.25. The van der Waals surface area contributed by atoms with Gasteiger partial charge in [0, 0.05) is 0 Å². The molecule has 0 spiro atoms. The van der Waals surface area contributed by atoms with Gasteiger partial charge in [0.05, 0.1) is 0 Å². The van der Waals surface area contributed by atoms with E-state index < -0.39 is 7.94 Å². The molecular formula is C13H26N4OP. The SMILES string of the molecule is [CH]=NO[PH](N1CCCC1)(N1CCCC1)N1CCCC1. The van der Waals surface area contributed by atoms with Crippen LogP contribution in [0.15, 0.2) is 5.16 Å². The molecule has 109 valence electrons. The Kier molecular flexibility index (Phi) is 4.37. The predicted molar refractivity (Wildman–Crippen MR) is 80.3 cm³/mol. The van der Waals surface area contributed by atoms with Crippen LogP contribution in [-0.2, 0) is 4.62 Å². The van der Waals surface area contributed by atoms with E-state index >= 15 is 0 Å². The molecule has 0 aromatic carbocycles. The van der Waals surface area contributed by atoms with E-state index in [1.165, 1.54) is 38.5 Å². The molecule has 0 saturated carbocycles. The molecular weight excluding hydrogens is 259 g/mol. The first-order valence-electron chi connectivity index (χ1n) is 7.71. The van der Waals surface area contributed by atoms with Crippen LogP contribution in [0, 0.1) is 0 Å². The topological polar surface area (TPSA) is 31.3 Å². The summed E-state index contributed by atoms with van der Waals surface area (Å²) in [5.41, 5.74) is 0. The van der Waals surface area contributed by atoms with Crippen molar-refractivity contribution in [2.75, 3.05) is 39.3 Å². The predicted octanol–water partition coefficient (Wildman–Crippen LogP) is 2.19. The first kappa shape index (κ1) is 13.7. The molecule has 0 aromatic heterocycles. The molecule has 3 heterocycles. The van der Waals surface area contributed by atoms with E-state index in [1.807, 2.05) is 0 Å². The average molecular weight is 285 g/mol. The maximum absolute atomic E-state index is 6.00. The molecule has 0 aromatic rings. The monoisotopic (exact) mass is 285 g/mol. The second-order valence-corrected chi connectivity index (χ2v) is 9.08. The van der Waals surface area contributed by atoms with Crippen LogP contribution >= 0.6 is 7.94 Å². The van der Waals surface area contributed by atoms with Crippen LogP contribution < -0.4 is 0 Å². The summed E-state index contributed by atoms with van der Waals surface area (Å²) in [5, 5.41) is 3.68. The molecule has 3 rings (SSSR count). The molecule has 3 fully saturated rings. The van der Waals surface area contributed by atoms with E-state index in [9.17, 15) is 0 Å². The molecule has 0 amide bonds. The summed E-state index contributed by atoms with van der Waals surface area (Å²) < 4.78 is 13.8. The fourth-order valence-electron chi connectivity index (χ4n) is 3.87. The third-order valence-corrected chi connectivity index (χ3v) is 8.89. The minimum atomic E-state index is -2.29. The van der Waals surface area contributed by atoms with Crippen LogP contribution in [0.25, 0.3) is 0 Å². The zero-order valence-electron chi connectivity index (χ0n) is 11.8. The average Bonchev–Trinajstić information content (AvgIpc) is 3.18. The molecule has 5 nitrogen and oxygen atoms in total. The molecule has 0 unspecified atom stereocenters. The van der Waals surface area contributed by atoms with Gasteiger partial charge in [0.1, 0.15) is 0 Å². The van der Waals surface area contributed by atoms with Crippen molar-refractivity contribution in [3.8, 4) is 0 Å². The molecule has 0 aliphatic carbocycles. The molecule has 3 aliphatic heterocycles. The van der Waals surface area contributed by atoms with Crippen LogP contribution in [-0.4, -0.2) is 60.0 Å². The molecule has 0 bridgehead atoms. The van der Waals surface area contributed by atoms with Crippen molar-refractivity contribution in [3.05, 3.63) is 0 Å². The van der Waals surface area contributed by atoms with Gasteiger partial charge in [-0.15, -0.1) is 0 Å². The van der Waals surface area contributed by atoms with Gasteiger partial charge in [-0.3, -0.25) is 0 Å². The molecule has 3 aliphatic rings. The van der Waals surface area contributed by atoms with Gasteiger partial charge < -0.3 is 0 Å². The Morgan fingerprint density at radius 1 is 0.684 bits per heavy atom. The second kappa shape index (κ2) is 6.04. The van der Waals surface area contributed by atoms with Gasteiger partial charge in [0.25, 0.3) is 0 Å². The molecule has 0 N–H and O–H groups in total. The molecule has 19 heavy (non-hydrogen) atoms. The zero-order chi connectivity index (χ0) is 13.1. The molecule has 0 atom stereocenters. The Balaban J connectivity index is 1.90. The molecule has 1 radical (unpaired) electrons. The number of rotatable bonds is 5. The maximum atomic E-state index is 6.00. The van der Waals surface area contributed by atoms with Gasteiger partial charge in [-0.05, 0) is 0 Å². The number of hydrogen-bond donors (Lipinski definition) is 0. The fraction of sp³-hybridized carbons (Fsp3) is 0.923. The second-order valence-electron chi connectivity index (χ2n) is 5.85. The number of nitrogens with zero attached hydrogens (tertiary/aromatic N) is 4. The summed E-state index contributed by atoms with van der Waals surface area (Å²) in [6, 6.07) is 0. The van der Waals surface area contributed by atoms with Gasteiger partial charge in [-0.25, -0.2) is 0 Å². The van der Waals surface area contributed by atoms with Crippen LogP contribution in [0.4, 0.5) is 0 Å². The van der Waals surface area contributed by atoms with Gasteiger partial charge >= 0.3 is 116 Å². The molecule has 6 heteroatoms. The zero-order valence-corrected chi connectivity index (χ0v) is 12.8. The summed E-state index contributed by atoms with van der Waals surface area (Å²) in [6.45, 7) is 12.4. The Morgan fingerprint density at radius 3 is 1.26 bits per heavy atom. The Bertz CT molecular complexity index is 269. The Hall–Kier alpha value is -0.220. The van der Waals surface area contributed by atoms with E-state index in [2.05, 4.69) is 19.2 Å². The third-order valence-electron chi connectivity index (χ3n) is 4.73. The summed E-state index contributed by atoms with van der Waals surface area (Å²) in [5.74, 6) is 0. The minimum absolute atomic E-state index is 1.15. The van der Waals surface area contributed by atoms with Gasteiger partial charge in [-0.2, -0.15) is 0 Å². The van der Waals surface area contributed by atoms with E-state index in [-0.39, 0.29) is 0 Å². The first-order chi connectivity index (χ1) is 9.38. The van der Waals surface area contributed by atoms with Gasteiger partial charge in [0.15, 0.2) is 0 Å². The van der Waals surface area contributed by atoms with Crippen molar-refractivity contribution in [2.24, 2.45) is 5.16 Å².